The van der Waals surface area contributed by atoms with E-state index in [2.05, 4.69) is 15.3 Å². The minimum absolute atomic E-state index is 0.0717. The van der Waals surface area contributed by atoms with Crippen LogP contribution in [0.5, 0.6) is 0 Å². The van der Waals surface area contributed by atoms with Crippen molar-refractivity contribution in [3.8, 4) is 0 Å². The number of hydrogen-bond donors (Lipinski definition) is 1. The molecule has 1 saturated carbocycles. The predicted molar refractivity (Wildman–Crippen MR) is 76.2 cm³/mol. The van der Waals surface area contributed by atoms with Gasteiger partial charge >= 0.3 is 0 Å². The van der Waals surface area contributed by atoms with Crippen molar-refractivity contribution in [2.75, 3.05) is 6.54 Å². The molecule has 0 aromatic carbocycles. The van der Waals surface area contributed by atoms with E-state index < -0.39 is 0 Å². The van der Waals surface area contributed by atoms with Crippen LogP contribution < -0.4 is 5.73 Å². The molecule has 0 atom stereocenters. The van der Waals surface area contributed by atoms with E-state index in [-0.39, 0.29) is 5.91 Å². The summed E-state index contributed by atoms with van der Waals surface area (Å²) in [5.74, 6) is -0.0717. The Morgan fingerprint density at radius 3 is 2.81 bits per heavy atom. The van der Waals surface area contributed by atoms with Gasteiger partial charge < -0.3 is 10.6 Å². The van der Waals surface area contributed by atoms with Crippen LogP contribution in [0.25, 0.3) is 0 Å². The fraction of sp³-hybridized carbons (Fsp3) is 0.429. The fourth-order valence-electron chi connectivity index (χ4n) is 2.22. The Balaban J connectivity index is 1.75. The Morgan fingerprint density at radius 1 is 1.38 bits per heavy atom. The summed E-state index contributed by atoms with van der Waals surface area (Å²) in [6.07, 6.45) is 7.24. The predicted octanol–water partition coefficient (Wildman–Crippen LogP) is 0.437. The molecule has 2 aromatic rings. The van der Waals surface area contributed by atoms with Crippen LogP contribution >= 0.6 is 0 Å². The molecule has 0 spiro atoms. The first-order valence-corrected chi connectivity index (χ1v) is 7.08. The number of hydrogen-bond acceptors (Lipinski definition) is 5. The van der Waals surface area contributed by atoms with E-state index in [1.54, 1.807) is 23.3 Å². The van der Waals surface area contributed by atoms with E-state index in [4.69, 9.17) is 5.73 Å². The fourth-order valence-corrected chi connectivity index (χ4v) is 2.22. The van der Waals surface area contributed by atoms with E-state index in [9.17, 15) is 4.79 Å². The van der Waals surface area contributed by atoms with Gasteiger partial charge in [-0.25, -0.2) is 0 Å². The molecule has 1 amide bonds. The molecule has 3 rings (SSSR count). The van der Waals surface area contributed by atoms with Gasteiger partial charge in [-0.3, -0.25) is 14.5 Å². The zero-order chi connectivity index (χ0) is 14.7. The standard InChI is InChI=1S/C14H18N6O/c15-5-8-19-10-13(17-18-19)14(21)20(12-1-2-12)9-11-3-6-16-7-4-11/h3-4,6-7,10,12H,1-2,5,8-9,15H2. The van der Waals surface area contributed by atoms with E-state index in [1.165, 1.54) is 0 Å². The third kappa shape index (κ3) is 3.25. The van der Waals surface area contributed by atoms with Gasteiger partial charge in [-0.2, -0.15) is 0 Å². The van der Waals surface area contributed by atoms with Crippen LogP contribution in [0.4, 0.5) is 0 Å². The number of rotatable bonds is 6. The molecule has 2 aromatic heterocycles. The van der Waals surface area contributed by atoms with Gasteiger partial charge in [0.25, 0.3) is 5.91 Å². The molecule has 2 N–H and O–H groups in total. The van der Waals surface area contributed by atoms with Crippen molar-refractivity contribution in [3.05, 3.63) is 42.0 Å². The summed E-state index contributed by atoms with van der Waals surface area (Å²) in [4.78, 5) is 18.5. The quantitative estimate of drug-likeness (QED) is 0.832. The molecule has 2 heterocycles. The first-order chi connectivity index (χ1) is 10.3. The van der Waals surface area contributed by atoms with Gasteiger partial charge in [0, 0.05) is 31.5 Å². The number of carbonyl (C=O) groups is 1. The summed E-state index contributed by atoms with van der Waals surface area (Å²) in [6.45, 7) is 1.62. The zero-order valence-electron chi connectivity index (χ0n) is 11.7. The van der Waals surface area contributed by atoms with Crippen molar-refractivity contribution < 1.29 is 4.79 Å². The van der Waals surface area contributed by atoms with E-state index in [0.29, 0.717) is 31.4 Å². The molecule has 1 aliphatic carbocycles. The van der Waals surface area contributed by atoms with Gasteiger partial charge in [0.2, 0.25) is 0 Å². The second-order valence-corrected chi connectivity index (χ2v) is 5.18. The van der Waals surface area contributed by atoms with Crippen LogP contribution in [0.1, 0.15) is 28.9 Å². The van der Waals surface area contributed by atoms with Crippen molar-refractivity contribution in [2.45, 2.75) is 32.0 Å². The lowest BCUT2D eigenvalue weighted by Crippen LogP contribution is -2.32. The summed E-state index contributed by atoms with van der Waals surface area (Å²) < 4.78 is 1.60. The van der Waals surface area contributed by atoms with Crippen molar-refractivity contribution in [1.29, 1.82) is 0 Å². The van der Waals surface area contributed by atoms with Crippen LogP contribution in [-0.4, -0.2) is 43.4 Å². The molecule has 0 radical (unpaired) electrons. The Kier molecular flexibility index (Phi) is 3.92. The normalized spacial score (nSPS) is 14.1. The summed E-state index contributed by atoms with van der Waals surface area (Å²) in [7, 11) is 0. The number of pyridine rings is 1. The van der Waals surface area contributed by atoms with Crippen LogP contribution in [-0.2, 0) is 13.1 Å². The Labute approximate surface area is 122 Å². The second kappa shape index (κ2) is 6.01. The van der Waals surface area contributed by atoms with Gasteiger partial charge in [-0.15, -0.1) is 5.10 Å². The van der Waals surface area contributed by atoms with E-state index >= 15 is 0 Å². The van der Waals surface area contributed by atoms with E-state index in [0.717, 1.165) is 18.4 Å². The van der Waals surface area contributed by atoms with Crippen molar-refractivity contribution in [1.82, 2.24) is 24.9 Å². The summed E-state index contributed by atoms with van der Waals surface area (Å²) in [6, 6.07) is 4.16. The first-order valence-electron chi connectivity index (χ1n) is 7.08. The molecule has 1 fully saturated rings. The van der Waals surface area contributed by atoms with Crippen molar-refractivity contribution in [3.63, 3.8) is 0 Å². The Hall–Kier alpha value is -2.28. The Morgan fingerprint density at radius 2 is 2.14 bits per heavy atom. The lowest BCUT2D eigenvalue weighted by molar-refractivity contribution is 0.0723. The molecule has 7 nitrogen and oxygen atoms in total. The monoisotopic (exact) mass is 286 g/mol. The molecular formula is C14H18N6O. The highest BCUT2D eigenvalue weighted by atomic mass is 16.2. The average molecular weight is 286 g/mol. The highest BCUT2D eigenvalue weighted by molar-refractivity contribution is 5.92. The molecule has 1 aliphatic rings. The molecule has 0 saturated heterocycles. The largest absolute Gasteiger partial charge is 0.330 e. The Bertz CT molecular complexity index is 607. The maximum Gasteiger partial charge on any atom is 0.276 e. The number of aromatic nitrogens is 4. The van der Waals surface area contributed by atoms with Crippen LogP contribution in [0.3, 0.4) is 0 Å². The molecule has 0 bridgehead atoms. The van der Waals surface area contributed by atoms with Gasteiger partial charge in [-0.1, -0.05) is 5.21 Å². The number of nitrogens with two attached hydrogens (primary N) is 1. The highest BCUT2D eigenvalue weighted by Crippen LogP contribution is 2.29. The van der Waals surface area contributed by atoms with Crippen LogP contribution in [0, 0.1) is 0 Å². The van der Waals surface area contributed by atoms with Crippen molar-refractivity contribution >= 4 is 5.91 Å². The minimum Gasteiger partial charge on any atom is -0.330 e. The maximum atomic E-state index is 12.6. The third-order valence-electron chi connectivity index (χ3n) is 3.47. The summed E-state index contributed by atoms with van der Waals surface area (Å²) >= 11 is 0. The summed E-state index contributed by atoms with van der Waals surface area (Å²) in [5, 5.41) is 7.89. The zero-order valence-corrected chi connectivity index (χ0v) is 11.7. The smallest absolute Gasteiger partial charge is 0.276 e. The van der Waals surface area contributed by atoms with Crippen LogP contribution in [0.15, 0.2) is 30.7 Å². The maximum absolute atomic E-state index is 12.6. The number of amides is 1. The lowest BCUT2D eigenvalue weighted by Gasteiger charge is -2.21. The van der Waals surface area contributed by atoms with Gasteiger partial charge in [0.15, 0.2) is 5.69 Å². The number of carbonyl (C=O) groups excluding carboxylic acids is 1. The minimum atomic E-state index is -0.0717. The molecule has 110 valence electrons. The average Bonchev–Trinajstić information content (AvgIpc) is 3.25. The topological polar surface area (TPSA) is 89.9 Å². The van der Waals surface area contributed by atoms with Crippen LogP contribution in [0.2, 0.25) is 0 Å². The summed E-state index contributed by atoms with van der Waals surface area (Å²) in [5.41, 5.74) is 6.92. The second-order valence-electron chi connectivity index (χ2n) is 5.18. The third-order valence-corrected chi connectivity index (χ3v) is 3.47. The molecule has 21 heavy (non-hydrogen) atoms. The van der Waals surface area contributed by atoms with Crippen molar-refractivity contribution in [2.24, 2.45) is 5.73 Å². The SMILES string of the molecule is NCCn1cc(C(=O)N(Cc2ccncc2)C2CC2)nn1. The van der Waals surface area contributed by atoms with Gasteiger partial charge in [0.05, 0.1) is 12.7 Å². The number of nitrogens with zero attached hydrogens (tertiary/aromatic N) is 5. The molecule has 0 aliphatic heterocycles. The van der Waals surface area contributed by atoms with Gasteiger partial charge in [-0.05, 0) is 30.5 Å². The lowest BCUT2D eigenvalue weighted by atomic mass is 10.2. The molecular weight excluding hydrogens is 268 g/mol. The molecule has 7 heteroatoms. The van der Waals surface area contributed by atoms with E-state index in [1.807, 2.05) is 17.0 Å². The first kappa shape index (κ1) is 13.7. The van der Waals surface area contributed by atoms with Gasteiger partial charge in [0.1, 0.15) is 0 Å². The molecule has 0 unspecified atom stereocenters. The highest BCUT2D eigenvalue weighted by Gasteiger charge is 2.34.